The second kappa shape index (κ2) is 10.8. The molecule has 0 fully saturated rings. The molecule has 7 nitrogen and oxygen atoms in total. The van der Waals surface area contributed by atoms with Crippen LogP contribution in [0.15, 0.2) is 47.5 Å². The predicted molar refractivity (Wildman–Crippen MR) is 121 cm³/mol. The lowest BCUT2D eigenvalue weighted by atomic mass is 9.84. The van der Waals surface area contributed by atoms with Crippen molar-refractivity contribution in [2.75, 3.05) is 20.1 Å². The monoisotopic (exact) mass is 447 g/mol. The maximum absolute atomic E-state index is 13.3. The molecule has 0 atom stereocenters. The van der Waals surface area contributed by atoms with E-state index in [1.54, 1.807) is 25.2 Å². The molecule has 0 spiro atoms. The second-order valence-corrected chi connectivity index (χ2v) is 8.04. The third-order valence-electron chi connectivity index (χ3n) is 4.68. The van der Waals surface area contributed by atoms with E-state index in [-0.39, 0.29) is 23.7 Å². The number of guanidine groups is 1. The Kier molecular flexibility index (Phi) is 8.38. The van der Waals surface area contributed by atoms with Gasteiger partial charge in [0.1, 0.15) is 5.82 Å². The summed E-state index contributed by atoms with van der Waals surface area (Å²) in [4.78, 5) is 26.9. The van der Waals surface area contributed by atoms with Gasteiger partial charge < -0.3 is 21.7 Å². The molecule has 0 bridgehead atoms. The second-order valence-electron chi connectivity index (χ2n) is 7.63. The van der Waals surface area contributed by atoms with Crippen LogP contribution in [0.3, 0.4) is 0 Å². The Bertz CT molecular complexity index is 961. The maximum atomic E-state index is 13.3. The Hall–Kier alpha value is -3.13. The zero-order valence-corrected chi connectivity index (χ0v) is 18.5. The predicted octanol–water partition coefficient (Wildman–Crippen LogP) is 2.34. The summed E-state index contributed by atoms with van der Waals surface area (Å²) >= 11 is 6.21. The molecule has 0 radical (unpaired) electrons. The van der Waals surface area contributed by atoms with Crippen molar-refractivity contribution in [3.8, 4) is 0 Å². The van der Waals surface area contributed by atoms with Crippen molar-refractivity contribution < 1.29 is 14.0 Å². The molecule has 2 aromatic carbocycles. The minimum Gasteiger partial charge on any atom is -0.368 e. The number of aliphatic imine (C=N–C) groups is 1. The largest absolute Gasteiger partial charge is 0.368 e. The van der Waals surface area contributed by atoms with Crippen LogP contribution in [-0.2, 0) is 16.8 Å². The first-order chi connectivity index (χ1) is 14.6. The first-order valence-electron chi connectivity index (χ1n) is 9.68. The van der Waals surface area contributed by atoms with Crippen molar-refractivity contribution >= 4 is 29.4 Å². The van der Waals surface area contributed by atoms with Crippen LogP contribution in [0, 0.1) is 5.82 Å². The first-order valence-corrected chi connectivity index (χ1v) is 10.1. The molecule has 2 rings (SSSR count). The molecule has 0 heterocycles. The fourth-order valence-electron chi connectivity index (χ4n) is 2.89. The van der Waals surface area contributed by atoms with Crippen molar-refractivity contribution in [2.45, 2.75) is 25.8 Å². The average Bonchev–Trinajstić information content (AvgIpc) is 2.72. The highest BCUT2D eigenvalue weighted by Crippen LogP contribution is 2.29. The number of amides is 2. The van der Waals surface area contributed by atoms with Crippen molar-refractivity contribution in [1.29, 1.82) is 0 Å². The van der Waals surface area contributed by atoms with Crippen LogP contribution in [0.1, 0.15) is 35.3 Å². The minimum atomic E-state index is -0.599. The van der Waals surface area contributed by atoms with Crippen LogP contribution in [0.5, 0.6) is 0 Å². The number of halogens is 2. The van der Waals surface area contributed by atoms with Gasteiger partial charge in [-0.1, -0.05) is 43.6 Å². The van der Waals surface area contributed by atoms with Crippen molar-refractivity contribution in [3.63, 3.8) is 0 Å². The van der Waals surface area contributed by atoms with Gasteiger partial charge in [-0.15, -0.1) is 0 Å². The molecule has 0 saturated carbocycles. The van der Waals surface area contributed by atoms with Crippen molar-refractivity contribution in [1.82, 2.24) is 16.0 Å². The normalized spacial score (nSPS) is 11.7. The summed E-state index contributed by atoms with van der Waals surface area (Å²) in [6, 6.07) is 11.4. The van der Waals surface area contributed by atoms with E-state index < -0.39 is 5.91 Å². The van der Waals surface area contributed by atoms with E-state index in [2.05, 4.69) is 20.9 Å². The van der Waals surface area contributed by atoms with E-state index in [0.29, 0.717) is 29.6 Å². The average molecular weight is 448 g/mol. The van der Waals surface area contributed by atoms with Gasteiger partial charge in [-0.25, -0.2) is 4.39 Å². The Morgan fingerprint density at radius 1 is 1.10 bits per heavy atom. The lowest BCUT2D eigenvalue weighted by molar-refractivity contribution is -0.117. The molecule has 0 aliphatic heterocycles. The van der Waals surface area contributed by atoms with Gasteiger partial charge in [-0.05, 0) is 35.4 Å². The molecule has 5 N–H and O–H groups in total. The third kappa shape index (κ3) is 7.25. The van der Waals surface area contributed by atoms with E-state index in [1.165, 1.54) is 12.1 Å². The Morgan fingerprint density at radius 3 is 2.35 bits per heavy atom. The topological polar surface area (TPSA) is 109 Å². The fourth-order valence-corrected chi connectivity index (χ4v) is 3.31. The molecular formula is C22H27ClFN5O2. The van der Waals surface area contributed by atoms with Gasteiger partial charge in [-0.3, -0.25) is 14.6 Å². The molecule has 0 aliphatic carbocycles. The summed E-state index contributed by atoms with van der Waals surface area (Å²) in [5, 5.41) is 9.29. The first kappa shape index (κ1) is 24.1. The van der Waals surface area contributed by atoms with E-state index in [4.69, 9.17) is 17.3 Å². The SMILES string of the molecule is CN=C(NCc1ccc(C(=O)NCC(N)=O)cc1)NCC(C)(C)c1ccc(F)cc1Cl. The quantitative estimate of drug-likeness (QED) is 0.368. The summed E-state index contributed by atoms with van der Waals surface area (Å²) in [5.41, 5.74) is 6.87. The van der Waals surface area contributed by atoms with Gasteiger partial charge in [0.15, 0.2) is 5.96 Å². The molecule has 166 valence electrons. The van der Waals surface area contributed by atoms with Crippen LogP contribution < -0.4 is 21.7 Å². The molecular weight excluding hydrogens is 421 g/mol. The Balaban J connectivity index is 1.90. The van der Waals surface area contributed by atoms with E-state index >= 15 is 0 Å². The van der Waals surface area contributed by atoms with Crippen LogP contribution in [0.2, 0.25) is 5.02 Å². The highest BCUT2D eigenvalue weighted by atomic mass is 35.5. The molecule has 0 unspecified atom stereocenters. The van der Waals surface area contributed by atoms with Gasteiger partial charge in [0.2, 0.25) is 5.91 Å². The van der Waals surface area contributed by atoms with E-state index in [0.717, 1.165) is 11.1 Å². The number of benzene rings is 2. The molecule has 2 aromatic rings. The number of nitrogens with zero attached hydrogens (tertiary/aromatic N) is 1. The number of carbonyl (C=O) groups is 2. The number of carbonyl (C=O) groups excluding carboxylic acids is 2. The molecule has 0 aliphatic rings. The molecule has 0 saturated heterocycles. The minimum absolute atomic E-state index is 0.205. The summed E-state index contributed by atoms with van der Waals surface area (Å²) in [5.74, 6) is -0.739. The maximum Gasteiger partial charge on any atom is 0.251 e. The van der Waals surface area contributed by atoms with Crippen LogP contribution in [-0.4, -0.2) is 37.9 Å². The summed E-state index contributed by atoms with van der Waals surface area (Å²) in [7, 11) is 1.67. The molecule has 31 heavy (non-hydrogen) atoms. The van der Waals surface area contributed by atoms with E-state index in [9.17, 15) is 14.0 Å². The lowest BCUT2D eigenvalue weighted by Gasteiger charge is -2.27. The van der Waals surface area contributed by atoms with Gasteiger partial charge in [0.25, 0.3) is 5.91 Å². The Morgan fingerprint density at radius 2 is 1.77 bits per heavy atom. The van der Waals surface area contributed by atoms with Gasteiger partial charge in [0, 0.05) is 36.1 Å². The summed E-state index contributed by atoms with van der Waals surface area (Å²) < 4.78 is 13.3. The highest BCUT2D eigenvalue weighted by molar-refractivity contribution is 6.31. The molecule has 2 amide bonds. The van der Waals surface area contributed by atoms with Crippen molar-refractivity contribution in [2.24, 2.45) is 10.7 Å². The fraction of sp³-hybridized carbons (Fsp3) is 0.318. The summed E-state index contributed by atoms with van der Waals surface area (Å²) in [6.45, 7) is 4.82. The molecule has 9 heteroatoms. The Labute approximate surface area is 186 Å². The number of hydrogen-bond donors (Lipinski definition) is 4. The van der Waals surface area contributed by atoms with Crippen LogP contribution in [0.25, 0.3) is 0 Å². The number of nitrogens with one attached hydrogen (secondary N) is 3. The van der Waals surface area contributed by atoms with Crippen molar-refractivity contribution in [3.05, 3.63) is 70.0 Å². The lowest BCUT2D eigenvalue weighted by Crippen LogP contribution is -2.43. The zero-order chi connectivity index (χ0) is 23.0. The van der Waals surface area contributed by atoms with Gasteiger partial charge >= 0.3 is 0 Å². The number of hydrogen-bond acceptors (Lipinski definition) is 3. The number of nitrogens with two attached hydrogens (primary N) is 1. The molecule has 0 aromatic heterocycles. The van der Waals surface area contributed by atoms with Gasteiger partial charge in [-0.2, -0.15) is 0 Å². The van der Waals surface area contributed by atoms with Crippen LogP contribution in [0.4, 0.5) is 4.39 Å². The van der Waals surface area contributed by atoms with Gasteiger partial charge in [0.05, 0.1) is 6.54 Å². The highest BCUT2D eigenvalue weighted by Gasteiger charge is 2.24. The summed E-state index contributed by atoms with van der Waals surface area (Å²) in [6.07, 6.45) is 0. The number of rotatable bonds is 8. The number of primary amides is 1. The zero-order valence-electron chi connectivity index (χ0n) is 17.8. The van der Waals surface area contributed by atoms with E-state index in [1.807, 2.05) is 26.0 Å². The standard InChI is InChI=1S/C22H27ClFN5O2/c1-22(2,17-9-8-16(24)10-18(17)23)13-29-21(26-3)28-11-14-4-6-15(7-5-14)20(31)27-12-19(25)30/h4-10H,11-13H2,1-3H3,(H2,25,30)(H,27,31)(H2,26,28,29). The third-order valence-corrected chi connectivity index (χ3v) is 4.99. The van der Waals surface area contributed by atoms with Crippen LogP contribution >= 0.6 is 11.6 Å². The smallest absolute Gasteiger partial charge is 0.251 e.